The van der Waals surface area contributed by atoms with E-state index in [2.05, 4.69) is 167 Å². The normalized spacial score (nSPS) is 12.5. The van der Waals surface area contributed by atoms with Gasteiger partial charge in [-0.3, -0.25) is 0 Å². The standard InChI is InChI=1S/C46H26N2S/c1-4-16-38-30(9-1)34-13-8-15-37-44-33-23-25-40-43(32(33)24-26-41(44)48(38)45(34)37)36-11-2-5-17-39(36)47(40)28-21-19-27(20-22-28)29-12-7-14-35-31-10-3-6-18-42(31)49-46(29)35/h1-26H. The number of rotatable bonds is 2. The minimum atomic E-state index is 1.17. The quantitative estimate of drug-likeness (QED) is 0.178. The molecule has 0 aliphatic heterocycles. The topological polar surface area (TPSA) is 9.34 Å². The van der Waals surface area contributed by atoms with Crippen molar-refractivity contribution in [3.05, 3.63) is 158 Å². The van der Waals surface area contributed by atoms with Crippen molar-refractivity contribution in [1.82, 2.24) is 8.97 Å². The fraction of sp³-hybridized carbons (Fsp3) is 0. The number of benzene rings is 8. The molecule has 2 nitrogen and oxygen atoms in total. The highest BCUT2D eigenvalue weighted by Gasteiger charge is 2.21. The molecule has 8 aromatic carbocycles. The van der Waals surface area contributed by atoms with Gasteiger partial charge in [0.2, 0.25) is 0 Å². The molecule has 3 heteroatoms. The van der Waals surface area contributed by atoms with Crippen LogP contribution in [0, 0.1) is 0 Å². The number of thiophene rings is 1. The molecule has 0 saturated heterocycles. The van der Waals surface area contributed by atoms with Gasteiger partial charge in [-0.2, -0.15) is 0 Å². The number of para-hydroxylation sites is 3. The summed E-state index contributed by atoms with van der Waals surface area (Å²) in [6, 6.07) is 58.5. The summed E-state index contributed by atoms with van der Waals surface area (Å²) >= 11 is 1.89. The fourth-order valence-electron chi connectivity index (χ4n) is 8.84. The van der Waals surface area contributed by atoms with Gasteiger partial charge < -0.3 is 8.97 Å². The smallest absolute Gasteiger partial charge is 0.0620 e. The summed E-state index contributed by atoms with van der Waals surface area (Å²) in [7, 11) is 0. The van der Waals surface area contributed by atoms with Gasteiger partial charge in [-0.25, -0.2) is 0 Å². The van der Waals surface area contributed by atoms with E-state index in [0.717, 1.165) is 0 Å². The molecule has 4 heterocycles. The van der Waals surface area contributed by atoms with Gasteiger partial charge >= 0.3 is 0 Å². The van der Waals surface area contributed by atoms with Gasteiger partial charge in [-0.1, -0.05) is 115 Å². The van der Waals surface area contributed by atoms with E-state index in [1.54, 1.807) is 0 Å². The van der Waals surface area contributed by atoms with Crippen LogP contribution in [0.25, 0.3) is 108 Å². The Labute approximate surface area is 284 Å². The average molecular weight is 639 g/mol. The summed E-state index contributed by atoms with van der Waals surface area (Å²) in [5, 5.41) is 13.2. The van der Waals surface area contributed by atoms with Crippen LogP contribution >= 0.6 is 11.3 Å². The van der Waals surface area contributed by atoms with Gasteiger partial charge in [0.25, 0.3) is 0 Å². The summed E-state index contributed by atoms with van der Waals surface area (Å²) in [5.41, 5.74) is 10.0. The second-order valence-electron chi connectivity index (χ2n) is 13.2. The van der Waals surface area contributed by atoms with Crippen molar-refractivity contribution in [3.63, 3.8) is 0 Å². The molecule has 4 aromatic heterocycles. The maximum atomic E-state index is 2.48. The second-order valence-corrected chi connectivity index (χ2v) is 14.3. The van der Waals surface area contributed by atoms with Crippen molar-refractivity contribution in [3.8, 4) is 16.8 Å². The minimum Gasteiger partial charge on any atom is -0.309 e. The van der Waals surface area contributed by atoms with Crippen molar-refractivity contribution < 1.29 is 0 Å². The lowest BCUT2D eigenvalue weighted by molar-refractivity contribution is 1.18. The Kier molecular flexibility index (Phi) is 4.89. The number of nitrogens with zero attached hydrogens (tertiary/aromatic N) is 2. The number of aromatic nitrogens is 2. The lowest BCUT2D eigenvalue weighted by Crippen LogP contribution is -1.93. The zero-order valence-electron chi connectivity index (χ0n) is 26.3. The zero-order chi connectivity index (χ0) is 31.8. The highest BCUT2D eigenvalue weighted by atomic mass is 32.1. The maximum Gasteiger partial charge on any atom is 0.0620 e. The van der Waals surface area contributed by atoms with Crippen molar-refractivity contribution in [1.29, 1.82) is 0 Å². The van der Waals surface area contributed by atoms with Crippen molar-refractivity contribution in [2.24, 2.45) is 0 Å². The van der Waals surface area contributed by atoms with Crippen molar-refractivity contribution >= 4 is 102 Å². The lowest BCUT2D eigenvalue weighted by atomic mass is 9.98. The predicted octanol–water partition coefficient (Wildman–Crippen LogP) is 13.1. The van der Waals surface area contributed by atoms with Crippen molar-refractivity contribution in [2.45, 2.75) is 0 Å². The number of hydrogen-bond acceptors (Lipinski definition) is 1. The van der Waals surface area contributed by atoms with Crippen LogP contribution in [0.3, 0.4) is 0 Å². The third-order valence-electron chi connectivity index (χ3n) is 10.9. The highest BCUT2D eigenvalue weighted by molar-refractivity contribution is 7.26. The zero-order valence-corrected chi connectivity index (χ0v) is 27.1. The largest absolute Gasteiger partial charge is 0.309 e. The molecular weight excluding hydrogens is 613 g/mol. The SMILES string of the molecule is c1ccc2c(c1)sc1c(-c3ccc(-n4c5ccccc5c5c6ccc7c(c6ccc54)c4cccc5c6ccccc6n7c54)cc3)cccc12. The first-order valence-electron chi connectivity index (χ1n) is 16.9. The average Bonchev–Trinajstić information content (AvgIpc) is 3.90. The maximum absolute atomic E-state index is 2.48. The number of fused-ring (bicyclic) bond motifs is 15. The minimum absolute atomic E-state index is 1.17. The number of hydrogen-bond donors (Lipinski definition) is 0. The molecule has 0 bridgehead atoms. The van der Waals surface area contributed by atoms with Crippen LogP contribution in [-0.2, 0) is 0 Å². The third kappa shape index (κ3) is 3.25. The van der Waals surface area contributed by atoms with Crippen LogP contribution in [0.5, 0.6) is 0 Å². The van der Waals surface area contributed by atoms with Gasteiger partial charge in [0.15, 0.2) is 0 Å². The summed E-state index contributed by atoms with van der Waals surface area (Å²) in [6.45, 7) is 0. The molecule has 0 aliphatic rings. The Hall–Kier alpha value is -6.16. The Morgan fingerprint density at radius 1 is 0.367 bits per heavy atom. The Morgan fingerprint density at radius 2 is 1.00 bits per heavy atom. The molecule has 0 unspecified atom stereocenters. The molecule has 0 atom stereocenters. The molecule has 0 amide bonds. The molecule has 49 heavy (non-hydrogen) atoms. The molecule has 12 rings (SSSR count). The molecule has 0 aliphatic carbocycles. The molecule has 0 N–H and O–H groups in total. The van der Waals surface area contributed by atoms with Gasteiger partial charge in [-0.15, -0.1) is 11.3 Å². The summed E-state index contributed by atoms with van der Waals surface area (Å²) in [4.78, 5) is 0. The molecule has 0 radical (unpaired) electrons. The Bertz CT molecular complexity index is 3320. The molecular formula is C46H26N2S. The van der Waals surface area contributed by atoms with E-state index in [9.17, 15) is 0 Å². The lowest BCUT2D eigenvalue weighted by Gasteiger charge is -2.11. The summed E-state index contributed by atoms with van der Waals surface area (Å²) in [6.07, 6.45) is 0. The highest BCUT2D eigenvalue weighted by Crippen LogP contribution is 2.45. The van der Waals surface area contributed by atoms with Crippen LogP contribution in [0.1, 0.15) is 0 Å². The first-order valence-corrected chi connectivity index (χ1v) is 17.7. The third-order valence-corrected chi connectivity index (χ3v) is 12.1. The molecule has 0 saturated carbocycles. The molecule has 12 aromatic rings. The van der Waals surface area contributed by atoms with Gasteiger partial charge in [0, 0.05) is 58.2 Å². The van der Waals surface area contributed by atoms with E-state index in [4.69, 9.17) is 0 Å². The van der Waals surface area contributed by atoms with Crippen LogP contribution in [-0.4, -0.2) is 8.97 Å². The van der Waals surface area contributed by atoms with Crippen LogP contribution < -0.4 is 0 Å². The van der Waals surface area contributed by atoms with Gasteiger partial charge in [-0.05, 0) is 64.4 Å². The van der Waals surface area contributed by atoms with E-state index in [1.165, 1.54) is 108 Å². The van der Waals surface area contributed by atoms with Gasteiger partial charge in [0.1, 0.15) is 0 Å². The van der Waals surface area contributed by atoms with E-state index in [0.29, 0.717) is 0 Å². The van der Waals surface area contributed by atoms with Crippen LogP contribution in [0.15, 0.2) is 158 Å². The van der Waals surface area contributed by atoms with Crippen LogP contribution in [0.2, 0.25) is 0 Å². The van der Waals surface area contributed by atoms with E-state index < -0.39 is 0 Å². The second kappa shape index (κ2) is 9.25. The summed E-state index contributed by atoms with van der Waals surface area (Å²) < 4.78 is 7.60. The molecule has 226 valence electrons. The predicted molar refractivity (Wildman–Crippen MR) is 211 cm³/mol. The molecule has 0 fully saturated rings. The van der Waals surface area contributed by atoms with E-state index >= 15 is 0 Å². The molecule has 0 spiro atoms. The van der Waals surface area contributed by atoms with E-state index in [-0.39, 0.29) is 0 Å². The van der Waals surface area contributed by atoms with E-state index in [1.807, 2.05) is 11.3 Å². The Morgan fingerprint density at radius 3 is 1.86 bits per heavy atom. The first kappa shape index (κ1) is 25.9. The van der Waals surface area contributed by atoms with Gasteiger partial charge in [0.05, 0.1) is 27.6 Å². The first-order chi connectivity index (χ1) is 24.3. The van der Waals surface area contributed by atoms with Crippen LogP contribution in [0.4, 0.5) is 0 Å². The van der Waals surface area contributed by atoms with Crippen molar-refractivity contribution in [2.75, 3.05) is 0 Å². The monoisotopic (exact) mass is 638 g/mol. The Balaban J connectivity index is 1.10. The summed E-state index contributed by atoms with van der Waals surface area (Å²) in [5.74, 6) is 0. The fourth-order valence-corrected chi connectivity index (χ4v) is 10.1.